The fourth-order valence-corrected chi connectivity index (χ4v) is 4.34. The van der Waals surface area contributed by atoms with E-state index in [9.17, 15) is 5.53 Å². The van der Waals surface area contributed by atoms with Crippen LogP contribution in [-0.4, -0.2) is 51.5 Å². The minimum Gasteiger partial charge on any atom is -0.497 e. The van der Waals surface area contributed by atoms with E-state index in [4.69, 9.17) is 28.4 Å². The molecule has 0 amide bonds. The maximum absolute atomic E-state index is 9.33. The first-order valence-electron chi connectivity index (χ1n) is 12.5. The molecular formula is C29H33N3O6. The molecule has 0 aromatic heterocycles. The summed E-state index contributed by atoms with van der Waals surface area (Å²) in [5.74, 6) is 0.761. The zero-order valence-corrected chi connectivity index (χ0v) is 21.6. The molecule has 1 fully saturated rings. The summed E-state index contributed by atoms with van der Waals surface area (Å²) in [7, 11) is 3.14. The molecule has 9 heteroatoms. The quantitative estimate of drug-likeness (QED) is 0.169. The molecule has 0 radical (unpaired) electrons. The summed E-state index contributed by atoms with van der Waals surface area (Å²) in [6, 6.07) is 26.6. The van der Waals surface area contributed by atoms with Crippen molar-refractivity contribution in [3.05, 3.63) is 112 Å². The molecule has 200 valence electrons. The first-order chi connectivity index (χ1) is 18.7. The van der Waals surface area contributed by atoms with Gasteiger partial charge in [-0.05, 0) is 34.4 Å². The fraction of sp³-hybridized carbons (Fsp3) is 0.379. The smallest absolute Gasteiger partial charge is 0.168 e. The summed E-state index contributed by atoms with van der Waals surface area (Å²) in [5, 5.41) is 3.99. The van der Waals surface area contributed by atoms with Crippen LogP contribution in [0.1, 0.15) is 16.7 Å². The van der Waals surface area contributed by atoms with Crippen LogP contribution in [0.5, 0.6) is 5.75 Å². The molecule has 4 rings (SSSR count). The Labute approximate surface area is 222 Å². The Balaban J connectivity index is 1.55. The molecule has 0 aliphatic carbocycles. The molecule has 1 heterocycles. The van der Waals surface area contributed by atoms with Crippen LogP contribution >= 0.6 is 0 Å². The largest absolute Gasteiger partial charge is 0.497 e. The normalized spacial score (nSPS) is 22.9. The van der Waals surface area contributed by atoms with Crippen LogP contribution in [0.2, 0.25) is 0 Å². The molecule has 1 aliphatic rings. The Morgan fingerprint density at radius 1 is 0.763 bits per heavy atom. The number of methoxy groups -OCH3 is 2. The van der Waals surface area contributed by atoms with Gasteiger partial charge in [-0.3, -0.25) is 0 Å². The SMILES string of the molecule is COc1ccc(CO[C@H]2C(COCc3ccccc3)O[C@H](OC)C(N=[N+]=[N-])[C@H]2OCc2ccccc2)cc1. The Morgan fingerprint density at radius 2 is 1.34 bits per heavy atom. The minimum absolute atomic E-state index is 0.232. The molecule has 1 saturated heterocycles. The molecule has 0 spiro atoms. The van der Waals surface area contributed by atoms with Crippen molar-refractivity contribution in [2.75, 3.05) is 20.8 Å². The average Bonchev–Trinajstić information content (AvgIpc) is 2.97. The van der Waals surface area contributed by atoms with Gasteiger partial charge < -0.3 is 28.4 Å². The van der Waals surface area contributed by atoms with Gasteiger partial charge in [0.1, 0.15) is 30.1 Å². The molecule has 9 nitrogen and oxygen atoms in total. The number of ether oxygens (including phenoxy) is 6. The van der Waals surface area contributed by atoms with E-state index >= 15 is 0 Å². The number of hydrogen-bond acceptors (Lipinski definition) is 7. The summed E-state index contributed by atoms with van der Waals surface area (Å²) in [4.78, 5) is 3.05. The van der Waals surface area contributed by atoms with Crippen molar-refractivity contribution in [3.63, 3.8) is 0 Å². The molecule has 38 heavy (non-hydrogen) atoms. The Bertz CT molecular complexity index is 1140. The summed E-state index contributed by atoms with van der Waals surface area (Å²) in [6.45, 7) is 1.24. The number of azide groups is 1. The molecule has 2 unspecified atom stereocenters. The van der Waals surface area contributed by atoms with Crippen LogP contribution < -0.4 is 4.74 Å². The number of rotatable bonds is 13. The van der Waals surface area contributed by atoms with E-state index in [0.717, 1.165) is 22.4 Å². The minimum atomic E-state index is -0.821. The lowest BCUT2D eigenvalue weighted by atomic mass is 9.96. The number of nitrogens with zero attached hydrogens (tertiary/aromatic N) is 3. The standard InChI is InChI=1S/C29H33N3O6/c1-33-24-15-13-23(14-16-24)19-36-27-25(20-35-17-21-9-5-3-6-10-21)38-29(34-2)26(31-32-30)28(27)37-18-22-11-7-4-8-12-22/h3-16,25-29H,17-20H2,1-2H3/t25?,26?,27-,28+,29-/m0/s1. The van der Waals surface area contributed by atoms with E-state index in [2.05, 4.69) is 10.0 Å². The number of hydrogen-bond donors (Lipinski definition) is 0. The van der Waals surface area contributed by atoms with Crippen molar-refractivity contribution in [1.82, 2.24) is 0 Å². The molecule has 0 bridgehead atoms. The third kappa shape index (κ3) is 7.55. The average molecular weight is 520 g/mol. The first kappa shape index (κ1) is 27.6. The van der Waals surface area contributed by atoms with Crippen LogP contribution in [-0.2, 0) is 43.5 Å². The van der Waals surface area contributed by atoms with Gasteiger partial charge in [-0.1, -0.05) is 77.9 Å². The van der Waals surface area contributed by atoms with E-state index < -0.39 is 30.6 Å². The highest BCUT2D eigenvalue weighted by Crippen LogP contribution is 2.31. The van der Waals surface area contributed by atoms with E-state index in [1.807, 2.05) is 84.9 Å². The van der Waals surface area contributed by atoms with Gasteiger partial charge in [-0.2, -0.15) is 0 Å². The maximum Gasteiger partial charge on any atom is 0.168 e. The van der Waals surface area contributed by atoms with E-state index in [-0.39, 0.29) is 6.61 Å². The van der Waals surface area contributed by atoms with Gasteiger partial charge in [0.15, 0.2) is 6.29 Å². The van der Waals surface area contributed by atoms with Gasteiger partial charge in [0.2, 0.25) is 0 Å². The lowest BCUT2D eigenvalue weighted by Gasteiger charge is -2.44. The van der Waals surface area contributed by atoms with Crippen molar-refractivity contribution < 1.29 is 28.4 Å². The van der Waals surface area contributed by atoms with E-state index in [0.29, 0.717) is 19.8 Å². The van der Waals surface area contributed by atoms with Crippen LogP contribution in [0.25, 0.3) is 10.4 Å². The fourth-order valence-electron chi connectivity index (χ4n) is 4.34. The van der Waals surface area contributed by atoms with Gasteiger partial charge in [0.25, 0.3) is 0 Å². The topological polar surface area (TPSA) is 104 Å². The summed E-state index contributed by atoms with van der Waals surface area (Å²) in [5.41, 5.74) is 12.3. The lowest BCUT2D eigenvalue weighted by molar-refractivity contribution is -0.280. The second-order valence-corrected chi connectivity index (χ2v) is 8.86. The summed E-state index contributed by atoms with van der Waals surface area (Å²) in [6.07, 6.45) is -2.60. The molecule has 0 saturated carbocycles. The van der Waals surface area contributed by atoms with Crippen LogP contribution in [0, 0.1) is 0 Å². The van der Waals surface area contributed by atoms with Crippen molar-refractivity contribution in [1.29, 1.82) is 0 Å². The van der Waals surface area contributed by atoms with Gasteiger partial charge in [-0.15, -0.1) is 0 Å². The third-order valence-electron chi connectivity index (χ3n) is 6.31. The maximum atomic E-state index is 9.33. The zero-order chi connectivity index (χ0) is 26.6. The zero-order valence-electron chi connectivity index (χ0n) is 21.6. The molecule has 1 aliphatic heterocycles. The van der Waals surface area contributed by atoms with Gasteiger partial charge >= 0.3 is 0 Å². The van der Waals surface area contributed by atoms with Gasteiger partial charge in [-0.25, -0.2) is 0 Å². The Morgan fingerprint density at radius 3 is 1.92 bits per heavy atom. The van der Waals surface area contributed by atoms with Crippen molar-refractivity contribution in [2.45, 2.75) is 50.5 Å². The Kier molecular flexibility index (Phi) is 10.5. The lowest BCUT2D eigenvalue weighted by Crippen LogP contribution is -2.60. The van der Waals surface area contributed by atoms with Crippen LogP contribution in [0.15, 0.2) is 90.0 Å². The second-order valence-electron chi connectivity index (χ2n) is 8.86. The van der Waals surface area contributed by atoms with Crippen LogP contribution in [0.4, 0.5) is 0 Å². The highest BCUT2D eigenvalue weighted by molar-refractivity contribution is 5.26. The predicted octanol–water partition coefficient (Wildman–Crippen LogP) is 5.43. The third-order valence-corrected chi connectivity index (χ3v) is 6.31. The number of benzene rings is 3. The second kappa shape index (κ2) is 14.5. The molecule has 5 atom stereocenters. The highest BCUT2D eigenvalue weighted by atomic mass is 16.7. The predicted molar refractivity (Wildman–Crippen MR) is 141 cm³/mol. The summed E-state index contributed by atoms with van der Waals surface area (Å²) >= 11 is 0. The molecular weight excluding hydrogens is 486 g/mol. The van der Waals surface area contributed by atoms with Gasteiger partial charge in [0.05, 0.1) is 33.5 Å². The summed E-state index contributed by atoms with van der Waals surface area (Å²) < 4.78 is 35.9. The van der Waals surface area contributed by atoms with Crippen LogP contribution in [0.3, 0.4) is 0 Å². The van der Waals surface area contributed by atoms with Gasteiger partial charge in [0, 0.05) is 12.0 Å². The molecule has 0 N–H and O–H groups in total. The van der Waals surface area contributed by atoms with E-state index in [1.165, 1.54) is 7.11 Å². The monoisotopic (exact) mass is 519 g/mol. The van der Waals surface area contributed by atoms with Crippen molar-refractivity contribution in [3.8, 4) is 5.75 Å². The molecule has 3 aromatic carbocycles. The molecule has 3 aromatic rings. The van der Waals surface area contributed by atoms with Crippen molar-refractivity contribution >= 4 is 0 Å². The Hall–Kier alpha value is -3.43. The first-order valence-corrected chi connectivity index (χ1v) is 12.5. The highest BCUT2D eigenvalue weighted by Gasteiger charge is 2.47. The van der Waals surface area contributed by atoms with Crippen molar-refractivity contribution in [2.24, 2.45) is 5.11 Å². The van der Waals surface area contributed by atoms with E-state index in [1.54, 1.807) is 7.11 Å².